The molecule has 0 bridgehead atoms. The van der Waals surface area contributed by atoms with Gasteiger partial charge in [-0.2, -0.15) is 12.6 Å². The van der Waals surface area contributed by atoms with Gasteiger partial charge < -0.3 is 10.3 Å². The predicted octanol–water partition coefficient (Wildman–Crippen LogP) is 0.603. The Morgan fingerprint density at radius 1 is 1.67 bits per heavy atom. The van der Waals surface area contributed by atoms with E-state index < -0.39 is 0 Å². The SMILES string of the molecule is O=C(CS)NCCc1ccc[nH]1. The Balaban J connectivity index is 2.15. The number of carbonyl (C=O) groups excluding carboxylic acids is 1. The summed E-state index contributed by atoms with van der Waals surface area (Å²) in [7, 11) is 0. The fraction of sp³-hybridized carbons (Fsp3) is 0.375. The molecule has 12 heavy (non-hydrogen) atoms. The van der Waals surface area contributed by atoms with E-state index in [0.717, 1.165) is 12.1 Å². The van der Waals surface area contributed by atoms with Gasteiger partial charge >= 0.3 is 0 Å². The van der Waals surface area contributed by atoms with E-state index in [-0.39, 0.29) is 11.7 Å². The first-order chi connectivity index (χ1) is 5.83. The van der Waals surface area contributed by atoms with Crippen LogP contribution in [0.4, 0.5) is 0 Å². The summed E-state index contributed by atoms with van der Waals surface area (Å²) in [5, 5.41) is 2.74. The van der Waals surface area contributed by atoms with Crippen LogP contribution in [0.25, 0.3) is 0 Å². The summed E-state index contributed by atoms with van der Waals surface area (Å²) >= 11 is 3.84. The molecule has 1 rings (SSSR count). The molecular weight excluding hydrogens is 172 g/mol. The molecule has 0 saturated heterocycles. The Hall–Kier alpha value is -0.900. The van der Waals surface area contributed by atoms with Gasteiger partial charge in [-0.3, -0.25) is 4.79 Å². The maximum absolute atomic E-state index is 10.7. The van der Waals surface area contributed by atoms with Crippen molar-refractivity contribution in [3.8, 4) is 0 Å². The van der Waals surface area contributed by atoms with E-state index in [2.05, 4.69) is 22.9 Å². The summed E-state index contributed by atoms with van der Waals surface area (Å²) in [4.78, 5) is 13.8. The number of hydrogen-bond donors (Lipinski definition) is 3. The minimum absolute atomic E-state index is 0.0233. The second-order valence-electron chi connectivity index (χ2n) is 2.45. The Bertz CT molecular complexity index is 233. The molecule has 66 valence electrons. The third kappa shape index (κ3) is 3.00. The van der Waals surface area contributed by atoms with Crippen LogP contribution < -0.4 is 5.32 Å². The van der Waals surface area contributed by atoms with E-state index in [1.807, 2.05) is 18.3 Å². The standard InChI is InChI=1S/C8H12N2OS/c11-8(6-12)10-5-3-7-2-1-4-9-7/h1-2,4,9,12H,3,5-6H2,(H,10,11). The van der Waals surface area contributed by atoms with Crippen LogP contribution in [0.2, 0.25) is 0 Å². The summed E-state index contributed by atoms with van der Waals surface area (Å²) in [5.74, 6) is 0.231. The molecule has 1 amide bonds. The van der Waals surface area contributed by atoms with Gasteiger partial charge in [0.15, 0.2) is 0 Å². The van der Waals surface area contributed by atoms with Crippen molar-refractivity contribution in [2.24, 2.45) is 0 Å². The van der Waals surface area contributed by atoms with Crippen LogP contribution in [-0.4, -0.2) is 23.2 Å². The summed E-state index contributed by atoms with van der Waals surface area (Å²) in [5.41, 5.74) is 1.13. The second kappa shape index (κ2) is 4.87. The minimum Gasteiger partial charge on any atom is -0.365 e. The fourth-order valence-corrected chi connectivity index (χ4v) is 1.03. The quantitative estimate of drug-likeness (QED) is 0.590. The lowest BCUT2D eigenvalue weighted by Crippen LogP contribution is -2.26. The molecule has 0 aromatic carbocycles. The number of thiol groups is 1. The first-order valence-corrected chi connectivity index (χ1v) is 4.46. The van der Waals surface area contributed by atoms with Crippen molar-refractivity contribution in [1.82, 2.24) is 10.3 Å². The number of carbonyl (C=O) groups is 1. The van der Waals surface area contributed by atoms with Gasteiger partial charge in [-0.1, -0.05) is 0 Å². The maximum Gasteiger partial charge on any atom is 0.229 e. The number of amides is 1. The zero-order valence-corrected chi connectivity index (χ0v) is 7.60. The van der Waals surface area contributed by atoms with Crippen LogP contribution in [0.5, 0.6) is 0 Å². The van der Waals surface area contributed by atoms with Crippen LogP contribution in [0.3, 0.4) is 0 Å². The molecule has 0 radical (unpaired) electrons. The molecule has 0 aliphatic carbocycles. The zero-order valence-electron chi connectivity index (χ0n) is 6.71. The normalized spacial score (nSPS) is 9.75. The molecule has 0 fully saturated rings. The number of hydrogen-bond acceptors (Lipinski definition) is 2. The lowest BCUT2D eigenvalue weighted by atomic mass is 10.3. The molecule has 1 aromatic rings. The molecule has 0 saturated carbocycles. The van der Waals surface area contributed by atoms with Gasteiger partial charge in [0.1, 0.15) is 0 Å². The molecule has 1 aromatic heterocycles. The van der Waals surface area contributed by atoms with Crippen molar-refractivity contribution in [1.29, 1.82) is 0 Å². The molecule has 0 aliphatic rings. The highest BCUT2D eigenvalue weighted by molar-refractivity contribution is 7.81. The van der Waals surface area contributed by atoms with Crippen molar-refractivity contribution in [3.05, 3.63) is 24.0 Å². The number of rotatable bonds is 4. The Morgan fingerprint density at radius 2 is 2.50 bits per heavy atom. The monoisotopic (exact) mass is 184 g/mol. The van der Waals surface area contributed by atoms with Crippen molar-refractivity contribution in [2.45, 2.75) is 6.42 Å². The van der Waals surface area contributed by atoms with Crippen molar-refractivity contribution in [2.75, 3.05) is 12.3 Å². The molecular formula is C8H12N2OS. The number of H-pyrrole nitrogens is 1. The van der Waals surface area contributed by atoms with Crippen molar-refractivity contribution >= 4 is 18.5 Å². The van der Waals surface area contributed by atoms with E-state index in [9.17, 15) is 4.79 Å². The van der Waals surface area contributed by atoms with Crippen LogP contribution in [-0.2, 0) is 11.2 Å². The molecule has 2 N–H and O–H groups in total. The fourth-order valence-electron chi connectivity index (χ4n) is 0.916. The predicted molar refractivity (Wildman–Crippen MR) is 51.4 cm³/mol. The summed E-state index contributed by atoms with van der Waals surface area (Å²) in [6.07, 6.45) is 2.71. The van der Waals surface area contributed by atoms with E-state index in [4.69, 9.17) is 0 Å². The third-order valence-electron chi connectivity index (χ3n) is 1.52. The average molecular weight is 184 g/mol. The Morgan fingerprint density at radius 3 is 3.08 bits per heavy atom. The highest BCUT2D eigenvalue weighted by Gasteiger charge is 1.96. The molecule has 3 nitrogen and oxygen atoms in total. The van der Waals surface area contributed by atoms with Crippen molar-refractivity contribution in [3.63, 3.8) is 0 Å². The number of nitrogens with one attached hydrogen (secondary N) is 2. The zero-order chi connectivity index (χ0) is 8.81. The van der Waals surface area contributed by atoms with E-state index in [0.29, 0.717) is 6.54 Å². The molecule has 0 aliphatic heterocycles. The van der Waals surface area contributed by atoms with E-state index in [1.165, 1.54) is 0 Å². The van der Waals surface area contributed by atoms with Gasteiger partial charge in [-0.15, -0.1) is 0 Å². The smallest absolute Gasteiger partial charge is 0.229 e. The van der Waals surface area contributed by atoms with E-state index in [1.54, 1.807) is 0 Å². The highest BCUT2D eigenvalue weighted by atomic mass is 32.1. The van der Waals surface area contributed by atoms with Crippen LogP contribution >= 0.6 is 12.6 Å². The van der Waals surface area contributed by atoms with Gasteiger partial charge in [0, 0.05) is 24.9 Å². The second-order valence-corrected chi connectivity index (χ2v) is 2.77. The van der Waals surface area contributed by atoms with E-state index >= 15 is 0 Å². The first-order valence-electron chi connectivity index (χ1n) is 3.83. The van der Waals surface area contributed by atoms with Gasteiger partial charge in [-0.25, -0.2) is 0 Å². The van der Waals surface area contributed by atoms with Crippen LogP contribution in [0, 0.1) is 0 Å². The van der Waals surface area contributed by atoms with Crippen molar-refractivity contribution < 1.29 is 4.79 Å². The minimum atomic E-state index is -0.0233. The Kier molecular flexibility index (Phi) is 3.73. The van der Waals surface area contributed by atoms with Gasteiger partial charge in [0.05, 0.1) is 5.75 Å². The van der Waals surface area contributed by atoms with Gasteiger partial charge in [0.25, 0.3) is 0 Å². The van der Waals surface area contributed by atoms with Gasteiger partial charge in [0.2, 0.25) is 5.91 Å². The highest BCUT2D eigenvalue weighted by Crippen LogP contribution is 1.93. The molecule has 0 unspecified atom stereocenters. The number of aromatic amines is 1. The summed E-state index contributed by atoms with van der Waals surface area (Å²) in [6.45, 7) is 0.667. The van der Waals surface area contributed by atoms with Gasteiger partial charge in [-0.05, 0) is 12.1 Å². The molecule has 4 heteroatoms. The lowest BCUT2D eigenvalue weighted by molar-refractivity contribution is -0.118. The Labute approximate surface area is 77.0 Å². The summed E-state index contributed by atoms with van der Waals surface area (Å²) < 4.78 is 0. The molecule has 0 atom stereocenters. The lowest BCUT2D eigenvalue weighted by Gasteiger charge is -2.00. The topological polar surface area (TPSA) is 44.9 Å². The largest absolute Gasteiger partial charge is 0.365 e. The number of aromatic nitrogens is 1. The van der Waals surface area contributed by atoms with Crippen LogP contribution in [0.15, 0.2) is 18.3 Å². The molecule has 0 spiro atoms. The first kappa shape index (κ1) is 9.19. The average Bonchev–Trinajstić information content (AvgIpc) is 2.57. The summed E-state index contributed by atoms with van der Waals surface area (Å²) in [6, 6.07) is 3.93. The molecule has 1 heterocycles. The van der Waals surface area contributed by atoms with Crippen LogP contribution in [0.1, 0.15) is 5.69 Å². The maximum atomic E-state index is 10.7. The third-order valence-corrected chi connectivity index (χ3v) is 1.81.